The molecule has 2 amide bonds. The number of hydrogen-bond donors (Lipinski definition) is 2. The van der Waals surface area contributed by atoms with Gasteiger partial charge in [0.25, 0.3) is 5.91 Å². The minimum Gasteiger partial charge on any atom is -0.493 e. The Balaban J connectivity index is 1.55. The van der Waals surface area contributed by atoms with Crippen molar-refractivity contribution in [2.75, 3.05) is 13.7 Å². The van der Waals surface area contributed by atoms with E-state index >= 15 is 0 Å². The zero-order valence-corrected chi connectivity index (χ0v) is 18.8. The first-order chi connectivity index (χ1) is 14.9. The van der Waals surface area contributed by atoms with Gasteiger partial charge in [0.1, 0.15) is 0 Å². The standard InChI is InChI=1S/C25H32N2O4/c1-16-11-17(2)13-20(12-16)25(29)26-15-24(28)27-18(3)19-9-10-22(23(14-19)30-4)31-21-7-5-6-8-21/h9-14,18,21H,5-8,15H2,1-4H3,(H,26,29)(H,27,28). The summed E-state index contributed by atoms with van der Waals surface area (Å²) in [5.74, 6) is 0.881. The Morgan fingerprint density at radius 3 is 2.35 bits per heavy atom. The number of carbonyl (C=O) groups is 2. The number of amides is 2. The van der Waals surface area contributed by atoms with E-state index in [4.69, 9.17) is 9.47 Å². The molecule has 1 unspecified atom stereocenters. The van der Waals surface area contributed by atoms with Crippen molar-refractivity contribution >= 4 is 11.8 Å². The third kappa shape index (κ3) is 6.23. The molecule has 6 nitrogen and oxygen atoms in total. The van der Waals surface area contributed by atoms with E-state index in [1.54, 1.807) is 7.11 Å². The molecule has 0 bridgehead atoms. The molecule has 0 aliphatic heterocycles. The Morgan fingerprint density at radius 1 is 1.03 bits per heavy atom. The first-order valence-corrected chi connectivity index (χ1v) is 10.9. The molecule has 1 atom stereocenters. The van der Waals surface area contributed by atoms with Gasteiger partial charge >= 0.3 is 0 Å². The first kappa shape index (κ1) is 22.7. The normalized spacial score (nSPS) is 14.7. The lowest BCUT2D eigenvalue weighted by atomic mass is 10.1. The van der Waals surface area contributed by atoms with Crippen LogP contribution in [0.3, 0.4) is 0 Å². The Labute approximate surface area is 184 Å². The highest BCUT2D eigenvalue weighted by Gasteiger charge is 2.19. The molecule has 1 aliphatic rings. The van der Waals surface area contributed by atoms with Gasteiger partial charge in [-0.15, -0.1) is 0 Å². The summed E-state index contributed by atoms with van der Waals surface area (Å²) in [4.78, 5) is 24.7. The van der Waals surface area contributed by atoms with Gasteiger partial charge in [0, 0.05) is 5.56 Å². The molecule has 0 spiro atoms. The van der Waals surface area contributed by atoms with E-state index in [1.165, 1.54) is 12.8 Å². The lowest BCUT2D eigenvalue weighted by Crippen LogP contribution is -2.38. The van der Waals surface area contributed by atoms with Crippen LogP contribution in [0.4, 0.5) is 0 Å². The van der Waals surface area contributed by atoms with E-state index in [2.05, 4.69) is 10.6 Å². The summed E-state index contributed by atoms with van der Waals surface area (Å²) in [7, 11) is 1.62. The molecule has 0 aromatic heterocycles. The van der Waals surface area contributed by atoms with Gasteiger partial charge in [0.05, 0.1) is 25.8 Å². The van der Waals surface area contributed by atoms with Crippen molar-refractivity contribution < 1.29 is 19.1 Å². The molecule has 0 radical (unpaired) electrons. The van der Waals surface area contributed by atoms with Gasteiger partial charge in [-0.2, -0.15) is 0 Å². The van der Waals surface area contributed by atoms with E-state index < -0.39 is 0 Å². The van der Waals surface area contributed by atoms with Gasteiger partial charge in [-0.05, 0) is 76.3 Å². The van der Waals surface area contributed by atoms with Gasteiger partial charge in [-0.1, -0.05) is 23.3 Å². The molecular formula is C25H32N2O4. The smallest absolute Gasteiger partial charge is 0.251 e. The largest absolute Gasteiger partial charge is 0.493 e. The molecule has 31 heavy (non-hydrogen) atoms. The molecule has 1 saturated carbocycles. The second kappa shape index (κ2) is 10.3. The highest BCUT2D eigenvalue weighted by molar-refractivity contribution is 5.96. The summed E-state index contributed by atoms with van der Waals surface area (Å²) in [6, 6.07) is 11.1. The van der Waals surface area contributed by atoms with Crippen LogP contribution >= 0.6 is 0 Å². The molecule has 1 aliphatic carbocycles. The third-order valence-corrected chi connectivity index (χ3v) is 5.55. The summed E-state index contributed by atoms with van der Waals surface area (Å²) in [5, 5.41) is 5.61. The summed E-state index contributed by atoms with van der Waals surface area (Å²) in [5.41, 5.74) is 3.49. The summed E-state index contributed by atoms with van der Waals surface area (Å²) in [6.45, 7) is 5.69. The van der Waals surface area contributed by atoms with Gasteiger partial charge < -0.3 is 20.1 Å². The van der Waals surface area contributed by atoms with Crippen molar-refractivity contribution in [3.05, 3.63) is 58.7 Å². The Kier molecular flexibility index (Phi) is 7.55. The van der Waals surface area contributed by atoms with Crippen molar-refractivity contribution in [3.8, 4) is 11.5 Å². The van der Waals surface area contributed by atoms with Crippen LogP contribution in [0, 0.1) is 13.8 Å². The average Bonchev–Trinajstić information content (AvgIpc) is 3.24. The monoisotopic (exact) mass is 424 g/mol. The molecule has 1 fully saturated rings. The number of nitrogens with one attached hydrogen (secondary N) is 2. The van der Waals surface area contributed by atoms with Gasteiger partial charge in [0.15, 0.2) is 11.5 Å². The van der Waals surface area contributed by atoms with Gasteiger partial charge in [0.2, 0.25) is 5.91 Å². The number of aryl methyl sites for hydroxylation is 2. The van der Waals surface area contributed by atoms with Crippen molar-refractivity contribution in [2.24, 2.45) is 0 Å². The van der Waals surface area contributed by atoms with Crippen LogP contribution in [0.1, 0.15) is 65.7 Å². The molecule has 6 heteroatoms. The Bertz CT molecular complexity index is 915. The van der Waals surface area contributed by atoms with Gasteiger partial charge in [-0.3, -0.25) is 9.59 Å². The summed E-state index contributed by atoms with van der Waals surface area (Å²) >= 11 is 0. The first-order valence-electron chi connectivity index (χ1n) is 10.9. The fourth-order valence-electron chi connectivity index (χ4n) is 3.98. The minimum absolute atomic E-state index is 0.0871. The second-order valence-corrected chi connectivity index (χ2v) is 8.28. The maximum Gasteiger partial charge on any atom is 0.251 e. The van der Waals surface area contributed by atoms with E-state index in [9.17, 15) is 9.59 Å². The van der Waals surface area contributed by atoms with Crippen LogP contribution in [0.5, 0.6) is 11.5 Å². The third-order valence-electron chi connectivity index (χ3n) is 5.55. The lowest BCUT2D eigenvalue weighted by molar-refractivity contribution is -0.120. The molecule has 166 valence electrons. The zero-order chi connectivity index (χ0) is 22.4. The second-order valence-electron chi connectivity index (χ2n) is 8.28. The molecule has 2 aromatic carbocycles. The predicted molar refractivity (Wildman–Crippen MR) is 121 cm³/mol. The molecule has 2 aromatic rings. The summed E-state index contributed by atoms with van der Waals surface area (Å²) < 4.78 is 11.6. The van der Waals surface area contributed by atoms with E-state index in [1.807, 2.05) is 57.2 Å². The fourth-order valence-corrected chi connectivity index (χ4v) is 3.98. The number of benzene rings is 2. The topological polar surface area (TPSA) is 76.7 Å². The molecule has 3 rings (SSSR count). The van der Waals surface area contributed by atoms with E-state index in [0.29, 0.717) is 11.3 Å². The van der Waals surface area contributed by atoms with E-state index in [-0.39, 0.29) is 30.5 Å². The molecule has 0 heterocycles. The number of hydrogen-bond acceptors (Lipinski definition) is 4. The highest BCUT2D eigenvalue weighted by Crippen LogP contribution is 2.33. The highest BCUT2D eigenvalue weighted by atomic mass is 16.5. The van der Waals surface area contributed by atoms with Crippen LogP contribution in [0.25, 0.3) is 0 Å². The number of carbonyl (C=O) groups excluding carboxylic acids is 2. The van der Waals surface area contributed by atoms with Crippen molar-refractivity contribution in [2.45, 2.75) is 58.6 Å². The van der Waals surface area contributed by atoms with Crippen LogP contribution in [-0.4, -0.2) is 31.6 Å². The van der Waals surface area contributed by atoms with Crippen molar-refractivity contribution in [3.63, 3.8) is 0 Å². The van der Waals surface area contributed by atoms with E-state index in [0.717, 1.165) is 35.3 Å². The summed E-state index contributed by atoms with van der Waals surface area (Å²) in [6.07, 6.45) is 4.80. The van der Waals surface area contributed by atoms with Crippen molar-refractivity contribution in [1.29, 1.82) is 0 Å². The van der Waals surface area contributed by atoms with Crippen LogP contribution in [0.2, 0.25) is 0 Å². The molecule has 0 saturated heterocycles. The average molecular weight is 425 g/mol. The van der Waals surface area contributed by atoms with Gasteiger partial charge in [-0.25, -0.2) is 0 Å². The van der Waals surface area contributed by atoms with Crippen molar-refractivity contribution in [1.82, 2.24) is 10.6 Å². The molecule has 2 N–H and O–H groups in total. The zero-order valence-electron chi connectivity index (χ0n) is 18.8. The minimum atomic E-state index is -0.260. The number of rotatable bonds is 8. The van der Waals surface area contributed by atoms with Crippen LogP contribution in [-0.2, 0) is 4.79 Å². The SMILES string of the molecule is COc1cc(C(C)NC(=O)CNC(=O)c2cc(C)cc(C)c2)ccc1OC1CCCC1. The molecular weight excluding hydrogens is 392 g/mol. The Hall–Kier alpha value is -3.02. The number of ether oxygens (including phenoxy) is 2. The quantitative estimate of drug-likeness (QED) is 0.665. The lowest BCUT2D eigenvalue weighted by Gasteiger charge is -2.19. The van der Waals surface area contributed by atoms with Crippen LogP contribution < -0.4 is 20.1 Å². The fraction of sp³-hybridized carbons (Fsp3) is 0.440. The Morgan fingerprint density at radius 2 is 1.71 bits per heavy atom. The maximum absolute atomic E-state index is 12.4. The number of methoxy groups -OCH3 is 1. The van der Waals surface area contributed by atoms with Crippen LogP contribution in [0.15, 0.2) is 36.4 Å². The predicted octanol–water partition coefficient (Wildman–Crippen LogP) is 4.24. The maximum atomic E-state index is 12.4.